The van der Waals surface area contributed by atoms with Gasteiger partial charge in [0.15, 0.2) is 5.96 Å². The van der Waals surface area contributed by atoms with E-state index < -0.39 is 0 Å². The molecule has 0 aliphatic carbocycles. The van der Waals surface area contributed by atoms with Gasteiger partial charge in [-0.25, -0.2) is 4.98 Å². The maximum absolute atomic E-state index is 4.68. The first-order valence-corrected chi connectivity index (χ1v) is 8.26. The molecule has 0 amide bonds. The zero-order chi connectivity index (χ0) is 16.2. The van der Waals surface area contributed by atoms with Crippen molar-refractivity contribution >= 4 is 41.3 Å². The highest BCUT2D eigenvalue weighted by atomic mass is 127. The van der Waals surface area contributed by atoms with E-state index in [1.54, 1.807) is 18.4 Å². The molecule has 5 nitrogen and oxygen atoms in total. The minimum Gasteiger partial charge on any atom is -0.357 e. The molecule has 0 aliphatic rings. The lowest BCUT2D eigenvalue weighted by Gasteiger charge is -2.14. The Bertz CT molecular complexity index is 639. The first-order chi connectivity index (χ1) is 10.4. The molecule has 0 atom stereocenters. The zero-order valence-electron chi connectivity index (χ0n) is 14.4. The van der Waals surface area contributed by atoms with Crippen molar-refractivity contribution in [1.29, 1.82) is 0 Å². The fourth-order valence-corrected chi connectivity index (χ4v) is 2.93. The second kappa shape index (κ2) is 8.68. The molecule has 2 aromatic rings. The average molecular weight is 447 g/mol. The van der Waals surface area contributed by atoms with Gasteiger partial charge in [0.1, 0.15) is 5.01 Å². The molecule has 23 heavy (non-hydrogen) atoms. The third-order valence-electron chi connectivity index (χ3n) is 3.30. The summed E-state index contributed by atoms with van der Waals surface area (Å²) in [5, 5.41) is 9.83. The van der Waals surface area contributed by atoms with Crippen LogP contribution < -0.4 is 10.6 Å². The first-order valence-electron chi connectivity index (χ1n) is 7.39. The van der Waals surface area contributed by atoms with Gasteiger partial charge in [-0.3, -0.25) is 4.99 Å². The van der Waals surface area contributed by atoms with Gasteiger partial charge in [-0.05, 0) is 11.6 Å². The summed E-state index contributed by atoms with van der Waals surface area (Å²) in [6.07, 6.45) is 4.13. The highest BCUT2D eigenvalue weighted by Gasteiger charge is 2.17. The Hall–Kier alpha value is -1.09. The molecule has 0 unspecified atom stereocenters. The van der Waals surface area contributed by atoms with Crippen molar-refractivity contribution in [3.8, 4) is 0 Å². The van der Waals surface area contributed by atoms with Gasteiger partial charge in [0.05, 0.1) is 12.2 Å². The van der Waals surface area contributed by atoms with Crippen LogP contribution in [0.3, 0.4) is 0 Å². The van der Waals surface area contributed by atoms with E-state index in [2.05, 4.69) is 59.0 Å². The van der Waals surface area contributed by atoms with Crippen LogP contribution in [0.4, 0.5) is 0 Å². The number of hydrogen-bond acceptors (Lipinski definition) is 3. The van der Waals surface area contributed by atoms with Crippen LogP contribution in [-0.2, 0) is 25.6 Å². The normalized spacial score (nSPS) is 12.0. The molecule has 0 aromatic carbocycles. The summed E-state index contributed by atoms with van der Waals surface area (Å²) in [5.41, 5.74) is 2.47. The topological polar surface area (TPSA) is 54.2 Å². The van der Waals surface area contributed by atoms with Crippen LogP contribution in [0.25, 0.3) is 0 Å². The van der Waals surface area contributed by atoms with Gasteiger partial charge in [0.25, 0.3) is 0 Å². The molecular weight excluding hydrogens is 421 g/mol. The number of thiazole rings is 1. The van der Waals surface area contributed by atoms with Gasteiger partial charge in [-0.2, -0.15) is 0 Å². The van der Waals surface area contributed by atoms with Gasteiger partial charge in [-0.15, -0.1) is 35.3 Å². The van der Waals surface area contributed by atoms with Crippen LogP contribution in [0.2, 0.25) is 0 Å². The first kappa shape index (κ1) is 20.0. The standard InChI is InChI=1S/C16H25N5S.HI/c1-16(2,3)13-11-22-14(20-13)9-19-15(17-4)18-8-12-6-7-21(5)10-12;/h6-7,10-11H,8-9H2,1-5H3,(H2,17,18,19);1H. The van der Waals surface area contributed by atoms with Gasteiger partial charge >= 0.3 is 0 Å². The van der Waals surface area contributed by atoms with Crippen molar-refractivity contribution in [1.82, 2.24) is 20.2 Å². The van der Waals surface area contributed by atoms with Crippen molar-refractivity contribution in [3.05, 3.63) is 40.1 Å². The molecule has 0 saturated carbocycles. The molecule has 2 heterocycles. The van der Waals surface area contributed by atoms with E-state index in [1.165, 1.54) is 5.56 Å². The van der Waals surface area contributed by atoms with E-state index in [4.69, 9.17) is 0 Å². The molecule has 0 fully saturated rings. The lowest BCUT2D eigenvalue weighted by Crippen LogP contribution is -2.36. The van der Waals surface area contributed by atoms with Gasteiger partial charge in [-0.1, -0.05) is 20.8 Å². The number of rotatable bonds is 4. The highest BCUT2D eigenvalue weighted by Crippen LogP contribution is 2.23. The third kappa shape index (κ3) is 6.14. The van der Waals surface area contributed by atoms with E-state index in [-0.39, 0.29) is 29.4 Å². The van der Waals surface area contributed by atoms with Crippen LogP contribution in [0.5, 0.6) is 0 Å². The minimum atomic E-state index is 0. The summed E-state index contributed by atoms with van der Waals surface area (Å²) < 4.78 is 2.04. The number of aromatic nitrogens is 2. The molecule has 7 heteroatoms. The fourth-order valence-electron chi connectivity index (χ4n) is 1.97. The SMILES string of the molecule is CN=C(NCc1ccn(C)c1)NCc1nc(C(C)(C)C)cs1.I. The molecule has 128 valence electrons. The predicted octanol–water partition coefficient (Wildman–Crippen LogP) is 3.26. The fraction of sp³-hybridized carbons (Fsp3) is 0.500. The maximum atomic E-state index is 4.68. The number of hydrogen-bond donors (Lipinski definition) is 2. The number of aryl methyl sites for hydroxylation is 1. The van der Waals surface area contributed by atoms with Crippen LogP contribution in [0.1, 0.15) is 37.0 Å². The lowest BCUT2D eigenvalue weighted by atomic mass is 9.93. The second-order valence-electron chi connectivity index (χ2n) is 6.34. The van der Waals surface area contributed by atoms with Gasteiger partial charge in [0.2, 0.25) is 0 Å². The van der Waals surface area contributed by atoms with E-state index >= 15 is 0 Å². The molecule has 2 rings (SSSR count). The van der Waals surface area contributed by atoms with E-state index in [9.17, 15) is 0 Å². The summed E-state index contributed by atoms with van der Waals surface area (Å²) in [6.45, 7) is 7.99. The minimum absolute atomic E-state index is 0. The average Bonchev–Trinajstić information content (AvgIpc) is 3.07. The molecule has 2 N–H and O–H groups in total. The quantitative estimate of drug-likeness (QED) is 0.430. The van der Waals surface area contributed by atoms with E-state index in [0.29, 0.717) is 6.54 Å². The Morgan fingerprint density at radius 1 is 1.30 bits per heavy atom. The summed E-state index contributed by atoms with van der Waals surface area (Å²) in [5.74, 6) is 0.788. The summed E-state index contributed by atoms with van der Waals surface area (Å²) >= 11 is 1.69. The molecular formula is C16H26IN5S. The molecule has 0 radical (unpaired) electrons. The Balaban J connectivity index is 0.00000264. The summed E-state index contributed by atoms with van der Waals surface area (Å²) in [4.78, 5) is 8.92. The molecule has 2 aromatic heterocycles. The number of nitrogens with zero attached hydrogens (tertiary/aromatic N) is 3. The number of aliphatic imine (C=N–C) groups is 1. The van der Waals surface area contributed by atoms with Crippen LogP contribution >= 0.6 is 35.3 Å². The Labute approximate surface area is 159 Å². The summed E-state index contributed by atoms with van der Waals surface area (Å²) in [7, 11) is 3.80. The summed E-state index contributed by atoms with van der Waals surface area (Å²) in [6, 6.07) is 2.09. The number of nitrogens with one attached hydrogen (secondary N) is 2. The monoisotopic (exact) mass is 447 g/mol. The molecule has 0 saturated heterocycles. The van der Waals surface area contributed by atoms with Crippen molar-refractivity contribution in [2.75, 3.05) is 7.05 Å². The highest BCUT2D eigenvalue weighted by molar-refractivity contribution is 14.0. The maximum Gasteiger partial charge on any atom is 0.191 e. The predicted molar refractivity (Wildman–Crippen MR) is 109 cm³/mol. The largest absolute Gasteiger partial charge is 0.357 e. The van der Waals surface area contributed by atoms with Gasteiger partial charge in [0, 0.05) is 43.8 Å². The Morgan fingerprint density at radius 2 is 2.00 bits per heavy atom. The molecule has 0 aliphatic heterocycles. The zero-order valence-corrected chi connectivity index (χ0v) is 17.5. The number of guanidine groups is 1. The van der Waals surface area contributed by atoms with Crippen LogP contribution in [0, 0.1) is 0 Å². The Kier molecular flexibility index (Phi) is 7.53. The molecule has 0 spiro atoms. The lowest BCUT2D eigenvalue weighted by molar-refractivity contribution is 0.570. The van der Waals surface area contributed by atoms with Gasteiger partial charge < -0.3 is 15.2 Å². The van der Waals surface area contributed by atoms with Crippen molar-refractivity contribution in [3.63, 3.8) is 0 Å². The second-order valence-corrected chi connectivity index (χ2v) is 7.28. The van der Waals surface area contributed by atoms with E-state index in [1.807, 2.05) is 17.8 Å². The Morgan fingerprint density at radius 3 is 2.52 bits per heavy atom. The smallest absolute Gasteiger partial charge is 0.191 e. The van der Waals surface area contributed by atoms with E-state index in [0.717, 1.165) is 23.2 Å². The molecule has 0 bridgehead atoms. The van der Waals surface area contributed by atoms with Crippen LogP contribution in [-0.4, -0.2) is 22.6 Å². The van der Waals surface area contributed by atoms with Crippen molar-refractivity contribution in [2.45, 2.75) is 39.3 Å². The van der Waals surface area contributed by atoms with Crippen molar-refractivity contribution in [2.24, 2.45) is 12.0 Å². The third-order valence-corrected chi connectivity index (χ3v) is 4.15. The van der Waals surface area contributed by atoms with Crippen molar-refractivity contribution < 1.29 is 0 Å². The van der Waals surface area contributed by atoms with Crippen LogP contribution in [0.15, 0.2) is 28.8 Å². The number of halogens is 1.